The number of aromatic nitrogens is 3. The van der Waals surface area contributed by atoms with Crippen LogP contribution in [0.15, 0.2) is 60.5 Å². The van der Waals surface area contributed by atoms with Gasteiger partial charge in [-0.05, 0) is 43.0 Å². The van der Waals surface area contributed by atoms with Crippen molar-refractivity contribution in [3.63, 3.8) is 0 Å². The van der Waals surface area contributed by atoms with Crippen LogP contribution in [0.2, 0.25) is 0 Å². The Kier molecular flexibility index (Phi) is 6.43. The van der Waals surface area contributed by atoms with E-state index in [0.717, 1.165) is 11.8 Å². The number of nitrogens with zero attached hydrogens (tertiary/aromatic N) is 5. The molecular weight excluding hydrogens is 445 g/mol. The van der Waals surface area contributed by atoms with E-state index in [4.69, 9.17) is 10.6 Å². The maximum absolute atomic E-state index is 13.5. The number of hydrogen-bond acceptors (Lipinski definition) is 5. The Morgan fingerprint density at radius 2 is 2.00 bits per heavy atom. The normalized spacial score (nSPS) is 17.8. The molecule has 1 aliphatic rings. The average molecular weight is 470 g/mol. The van der Waals surface area contributed by atoms with Crippen LogP contribution in [-0.2, 0) is 6.18 Å². The van der Waals surface area contributed by atoms with E-state index in [1.165, 1.54) is 24.3 Å². The SMILES string of the molecule is C=C(N=C1C[C@H](c2ccccc2C(F)(F)F)CCN1N)c1ccc(-n2cnc(C)c2)c(OC)n1. The van der Waals surface area contributed by atoms with E-state index in [-0.39, 0.29) is 17.9 Å². The molecular formula is C24H25F3N6O. The number of aryl methyl sites for hydroxylation is 1. The lowest BCUT2D eigenvalue weighted by Crippen LogP contribution is -2.43. The Morgan fingerprint density at radius 1 is 1.24 bits per heavy atom. The van der Waals surface area contributed by atoms with E-state index in [0.29, 0.717) is 41.8 Å². The summed E-state index contributed by atoms with van der Waals surface area (Å²) in [6.45, 7) is 6.26. The molecule has 0 aliphatic carbocycles. The van der Waals surface area contributed by atoms with Gasteiger partial charge >= 0.3 is 6.18 Å². The molecule has 0 saturated carbocycles. The van der Waals surface area contributed by atoms with Crippen molar-refractivity contribution in [2.45, 2.75) is 31.9 Å². The van der Waals surface area contributed by atoms with Gasteiger partial charge in [-0.2, -0.15) is 13.2 Å². The third-order valence-electron chi connectivity index (χ3n) is 5.77. The van der Waals surface area contributed by atoms with Crippen molar-refractivity contribution in [1.29, 1.82) is 0 Å². The number of rotatable bonds is 5. The molecule has 1 aromatic carbocycles. The second kappa shape index (κ2) is 9.30. The lowest BCUT2D eigenvalue weighted by Gasteiger charge is -2.32. The largest absolute Gasteiger partial charge is 0.479 e. The molecule has 2 aromatic heterocycles. The van der Waals surface area contributed by atoms with Gasteiger partial charge < -0.3 is 9.30 Å². The first-order chi connectivity index (χ1) is 16.2. The van der Waals surface area contributed by atoms with E-state index < -0.39 is 11.7 Å². The number of halogens is 3. The molecule has 1 aliphatic heterocycles. The molecule has 34 heavy (non-hydrogen) atoms. The number of hydrogen-bond donors (Lipinski definition) is 1. The summed E-state index contributed by atoms with van der Waals surface area (Å²) in [6.07, 6.45) is -0.169. The predicted octanol–water partition coefficient (Wildman–Crippen LogP) is 4.73. The fourth-order valence-corrected chi connectivity index (χ4v) is 4.06. The number of alkyl halides is 3. The molecule has 3 aromatic rings. The molecule has 0 spiro atoms. The van der Waals surface area contributed by atoms with Crippen molar-refractivity contribution in [2.75, 3.05) is 13.7 Å². The second-order valence-corrected chi connectivity index (χ2v) is 8.09. The van der Waals surface area contributed by atoms with Gasteiger partial charge in [0.05, 0.1) is 36.1 Å². The summed E-state index contributed by atoms with van der Waals surface area (Å²) in [5.41, 5.74) is 1.98. The van der Waals surface area contributed by atoms with Crippen LogP contribution < -0.4 is 10.6 Å². The summed E-state index contributed by atoms with van der Waals surface area (Å²) in [7, 11) is 1.51. The van der Waals surface area contributed by atoms with Gasteiger partial charge in [0.2, 0.25) is 5.88 Å². The molecule has 10 heteroatoms. The Morgan fingerprint density at radius 3 is 2.68 bits per heavy atom. The standard InChI is InChI=1S/C24H25F3N6O/c1-15-13-32(14-29-15)21-9-8-20(31-23(21)34-3)16(2)30-22-12-17(10-11-33(22)28)18-6-4-5-7-19(18)24(25,26)27/h4-9,13-14,17H,2,10-12,28H2,1,3H3/t17-/m1/s1. The number of imidazole rings is 1. The fraction of sp³-hybridized carbons (Fsp3) is 0.292. The molecule has 0 amide bonds. The number of benzene rings is 1. The molecule has 1 fully saturated rings. The van der Waals surface area contributed by atoms with Gasteiger partial charge in [0.1, 0.15) is 11.5 Å². The lowest BCUT2D eigenvalue weighted by atomic mass is 9.86. The zero-order valence-corrected chi connectivity index (χ0v) is 18.9. The van der Waals surface area contributed by atoms with Gasteiger partial charge in [-0.3, -0.25) is 5.01 Å². The fourth-order valence-electron chi connectivity index (χ4n) is 4.06. The number of methoxy groups -OCH3 is 1. The molecule has 2 N–H and O–H groups in total. The molecule has 0 radical (unpaired) electrons. The van der Waals surface area contributed by atoms with Crippen LogP contribution in [0, 0.1) is 6.92 Å². The number of nitrogens with two attached hydrogens (primary N) is 1. The third kappa shape index (κ3) is 4.81. The van der Waals surface area contributed by atoms with E-state index in [1.807, 2.05) is 19.2 Å². The third-order valence-corrected chi connectivity index (χ3v) is 5.77. The highest BCUT2D eigenvalue weighted by atomic mass is 19.4. The first-order valence-corrected chi connectivity index (χ1v) is 10.7. The maximum Gasteiger partial charge on any atom is 0.416 e. The van der Waals surface area contributed by atoms with Crippen molar-refractivity contribution in [1.82, 2.24) is 19.5 Å². The van der Waals surface area contributed by atoms with Gasteiger partial charge in [-0.25, -0.2) is 20.8 Å². The van der Waals surface area contributed by atoms with Crippen LogP contribution in [-0.4, -0.2) is 39.0 Å². The number of piperidine rings is 1. The number of hydrazine groups is 1. The first-order valence-electron chi connectivity index (χ1n) is 10.7. The predicted molar refractivity (Wildman–Crippen MR) is 123 cm³/mol. The Hall–Kier alpha value is -3.66. The molecule has 178 valence electrons. The number of amidine groups is 1. The zero-order chi connectivity index (χ0) is 24.5. The quantitative estimate of drug-likeness (QED) is 0.546. The number of ether oxygens (including phenoxy) is 1. The van der Waals surface area contributed by atoms with Crippen LogP contribution in [0.5, 0.6) is 5.88 Å². The first kappa shape index (κ1) is 23.5. The van der Waals surface area contributed by atoms with Gasteiger partial charge in [0, 0.05) is 19.2 Å². The lowest BCUT2D eigenvalue weighted by molar-refractivity contribution is -0.138. The van der Waals surface area contributed by atoms with Crippen molar-refractivity contribution in [2.24, 2.45) is 10.8 Å². The average Bonchev–Trinajstić information content (AvgIpc) is 3.25. The van der Waals surface area contributed by atoms with E-state index in [9.17, 15) is 13.2 Å². The van der Waals surface area contributed by atoms with Crippen LogP contribution in [0.1, 0.15) is 41.3 Å². The molecule has 7 nitrogen and oxygen atoms in total. The monoisotopic (exact) mass is 470 g/mol. The minimum atomic E-state index is -4.42. The smallest absolute Gasteiger partial charge is 0.416 e. The van der Waals surface area contributed by atoms with Crippen LogP contribution in [0.3, 0.4) is 0 Å². The highest BCUT2D eigenvalue weighted by Gasteiger charge is 2.36. The Labute approximate surface area is 195 Å². The zero-order valence-electron chi connectivity index (χ0n) is 18.9. The van der Waals surface area contributed by atoms with Gasteiger partial charge in [0.25, 0.3) is 0 Å². The summed E-state index contributed by atoms with van der Waals surface area (Å²) in [5, 5.41) is 1.46. The van der Waals surface area contributed by atoms with Crippen molar-refractivity contribution in [3.05, 3.63) is 78.0 Å². The molecule has 4 rings (SSSR count). The van der Waals surface area contributed by atoms with Gasteiger partial charge in [0.15, 0.2) is 0 Å². The van der Waals surface area contributed by atoms with Gasteiger partial charge in [-0.15, -0.1) is 0 Å². The van der Waals surface area contributed by atoms with Crippen molar-refractivity contribution < 1.29 is 17.9 Å². The number of pyridine rings is 1. The molecule has 0 unspecified atom stereocenters. The Bertz CT molecular complexity index is 1230. The topological polar surface area (TPSA) is 81.6 Å². The number of aliphatic imine (C=N–C) groups is 1. The summed E-state index contributed by atoms with van der Waals surface area (Å²) in [4.78, 5) is 13.3. The molecule has 1 atom stereocenters. The maximum atomic E-state index is 13.5. The van der Waals surface area contributed by atoms with E-state index in [2.05, 4.69) is 21.5 Å². The summed E-state index contributed by atoms with van der Waals surface area (Å²) in [5.74, 6) is 6.56. The highest BCUT2D eigenvalue weighted by Crippen LogP contribution is 2.39. The van der Waals surface area contributed by atoms with E-state index in [1.54, 1.807) is 23.0 Å². The molecule has 0 bridgehead atoms. The van der Waals surface area contributed by atoms with Crippen molar-refractivity contribution >= 4 is 11.5 Å². The van der Waals surface area contributed by atoms with E-state index >= 15 is 0 Å². The molecule has 1 saturated heterocycles. The highest BCUT2D eigenvalue weighted by molar-refractivity contribution is 5.88. The molecule has 3 heterocycles. The summed E-state index contributed by atoms with van der Waals surface area (Å²) >= 11 is 0. The van der Waals surface area contributed by atoms with Crippen molar-refractivity contribution in [3.8, 4) is 11.6 Å². The van der Waals surface area contributed by atoms with Gasteiger partial charge in [-0.1, -0.05) is 24.8 Å². The summed E-state index contributed by atoms with van der Waals surface area (Å²) < 4.78 is 47.8. The van der Waals surface area contributed by atoms with Crippen LogP contribution in [0.25, 0.3) is 11.4 Å². The van der Waals surface area contributed by atoms with Crippen LogP contribution >= 0.6 is 0 Å². The second-order valence-electron chi connectivity index (χ2n) is 8.09. The minimum absolute atomic E-state index is 0.251. The Balaban J connectivity index is 1.60. The minimum Gasteiger partial charge on any atom is -0.479 e. The summed E-state index contributed by atoms with van der Waals surface area (Å²) in [6, 6.07) is 9.22. The van der Waals surface area contributed by atoms with Crippen LogP contribution in [0.4, 0.5) is 13.2 Å².